The number of hydrogen-bond acceptors (Lipinski definition) is 2. The van der Waals surface area contributed by atoms with Gasteiger partial charge in [-0.2, -0.15) is 0 Å². The van der Waals surface area contributed by atoms with Crippen LogP contribution in [0.1, 0.15) is 64.7 Å². The third kappa shape index (κ3) is 7.70. The average molecular weight is 443 g/mol. The Balaban J connectivity index is 2.13. The molecule has 2 aromatic carbocycles. The number of halogens is 1. The summed E-state index contributed by atoms with van der Waals surface area (Å²) in [4.78, 5) is 27.3. The predicted molar refractivity (Wildman–Crippen MR) is 128 cm³/mol. The maximum absolute atomic E-state index is 13.1. The summed E-state index contributed by atoms with van der Waals surface area (Å²) in [5.74, 6) is 0.0249. The molecule has 0 saturated carbocycles. The largest absolute Gasteiger partial charge is 0.350 e. The molecule has 31 heavy (non-hydrogen) atoms. The highest BCUT2D eigenvalue weighted by Crippen LogP contribution is 2.22. The van der Waals surface area contributed by atoms with Crippen molar-refractivity contribution < 1.29 is 9.59 Å². The first-order valence-electron chi connectivity index (χ1n) is 10.9. The number of carbonyl (C=O) groups is 2. The van der Waals surface area contributed by atoms with Gasteiger partial charge in [0.15, 0.2) is 0 Å². The Morgan fingerprint density at radius 1 is 0.968 bits per heavy atom. The molecule has 0 fully saturated rings. The van der Waals surface area contributed by atoms with E-state index in [-0.39, 0.29) is 23.1 Å². The monoisotopic (exact) mass is 442 g/mol. The summed E-state index contributed by atoms with van der Waals surface area (Å²) >= 11 is 5.98. The van der Waals surface area contributed by atoms with Gasteiger partial charge in [-0.15, -0.1) is 0 Å². The van der Waals surface area contributed by atoms with E-state index in [2.05, 4.69) is 64.2 Å². The van der Waals surface area contributed by atoms with E-state index in [9.17, 15) is 9.59 Å². The van der Waals surface area contributed by atoms with Crippen LogP contribution in [0.3, 0.4) is 0 Å². The second-order valence-electron chi connectivity index (χ2n) is 9.58. The van der Waals surface area contributed by atoms with Gasteiger partial charge in [-0.25, -0.2) is 0 Å². The standard InChI is InChI=1S/C26H35ClN2O2/c1-18(2)15-24(29(19(3)30)17-21-9-13-23(27)14-10-21)25(31)28-16-20-7-11-22(12-8-20)26(4,5)6/h7-14,18,24H,15-17H2,1-6H3,(H,28,31). The molecule has 0 aliphatic rings. The molecule has 2 aromatic rings. The zero-order valence-electron chi connectivity index (χ0n) is 19.5. The van der Waals surface area contributed by atoms with Crippen molar-refractivity contribution in [1.82, 2.24) is 10.2 Å². The lowest BCUT2D eigenvalue weighted by Gasteiger charge is -2.31. The molecule has 0 aliphatic carbocycles. The lowest BCUT2D eigenvalue weighted by molar-refractivity contribution is -0.140. The third-order valence-corrected chi connectivity index (χ3v) is 5.58. The van der Waals surface area contributed by atoms with Gasteiger partial charge in [-0.3, -0.25) is 9.59 Å². The van der Waals surface area contributed by atoms with Crippen molar-refractivity contribution in [3.8, 4) is 0 Å². The van der Waals surface area contributed by atoms with Gasteiger partial charge in [0, 0.05) is 25.0 Å². The maximum Gasteiger partial charge on any atom is 0.243 e. The van der Waals surface area contributed by atoms with Crippen molar-refractivity contribution in [3.05, 3.63) is 70.2 Å². The van der Waals surface area contributed by atoms with Gasteiger partial charge in [0.25, 0.3) is 0 Å². The number of nitrogens with zero attached hydrogens (tertiary/aromatic N) is 1. The van der Waals surface area contributed by atoms with E-state index in [4.69, 9.17) is 11.6 Å². The van der Waals surface area contributed by atoms with Crippen molar-refractivity contribution in [2.45, 2.75) is 72.5 Å². The van der Waals surface area contributed by atoms with E-state index in [1.807, 2.05) is 12.1 Å². The minimum atomic E-state index is -0.526. The molecule has 2 amide bonds. The first-order chi connectivity index (χ1) is 14.5. The molecule has 1 N–H and O–H groups in total. The lowest BCUT2D eigenvalue weighted by atomic mass is 9.87. The fraction of sp³-hybridized carbons (Fsp3) is 0.462. The molecule has 0 aliphatic heterocycles. The fourth-order valence-corrected chi connectivity index (χ4v) is 3.61. The zero-order chi connectivity index (χ0) is 23.2. The highest BCUT2D eigenvalue weighted by molar-refractivity contribution is 6.30. The smallest absolute Gasteiger partial charge is 0.243 e. The van der Waals surface area contributed by atoms with E-state index >= 15 is 0 Å². The summed E-state index contributed by atoms with van der Waals surface area (Å²) in [5, 5.41) is 3.68. The number of amides is 2. The van der Waals surface area contributed by atoms with Crippen molar-refractivity contribution >= 4 is 23.4 Å². The molecule has 0 heterocycles. The quantitative estimate of drug-likeness (QED) is 0.568. The molecule has 0 radical (unpaired) electrons. The summed E-state index contributed by atoms with van der Waals surface area (Å²) in [7, 11) is 0. The molecule has 0 bridgehead atoms. The first-order valence-corrected chi connectivity index (χ1v) is 11.2. The van der Waals surface area contributed by atoms with Crippen LogP contribution in [0.2, 0.25) is 5.02 Å². The highest BCUT2D eigenvalue weighted by Gasteiger charge is 2.28. The summed E-state index contributed by atoms with van der Waals surface area (Å²) in [6.45, 7) is 13.0. The summed E-state index contributed by atoms with van der Waals surface area (Å²) in [5.41, 5.74) is 3.33. The summed E-state index contributed by atoms with van der Waals surface area (Å²) in [6, 6.07) is 15.2. The topological polar surface area (TPSA) is 49.4 Å². The van der Waals surface area contributed by atoms with Gasteiger partial charge in [-0.1, -0.05) is 82.6 Å². The molecule has 1 atom stereocenters. The van der Waals surface area contributed by atoms with Crippen molar-refractivity contribution in [2.24, 2.45) is 5.92 Å². The molecule has 1 unspecified atom stereocenters. The van der Waals surface area contributed by atoms with Crippen molar-refractivity contribution in [1.29, 1.82) is 0 Å². The van der Waals surface area contributed by atoms with Crippen LogP contribution < -0.4 is 5.32 Å². The minimum absolute atomic E-state index is 0.0911. The predicted octanol–water partition coefficient (Wildman–Crippen LogP) is 5.72. The fourth-order valence-electron chi connectivity index (χ4n) is 3.48. The van der Waals surface area contributed by atoms with Crippen LogP contribution in [-0.2, 0) is 28.1 Å². The number of rotatable bonds is 8. The SMILES string of the molecule is CC(=O)N(Cc1ccc(Cl)cc1)C(CC(C)C)C(=O)NCc1ccc(C(C)(C)C)cc1. The Morgan fingerprint density at radius 2 is 1.52 bits per heavy atom. The molecule has 2 rings (SSSR count). The van der Waals surface area contributed by atoms with Crippen LogP contribution >= 0.6 is 11.6 Å². The molecule has 4 nitrogen and oxygen atoms in total. The Kier molecular flexibility index (Phi) is 8.69. The molecular weight excluding hydrogens is 408 g/mol. The van der Waals surface area contributed by atoms with Crippen LogP contribution in [0.25, 0.3) is 0 Å². The van der Waals surface area contributed by atoms with Crippen LogP contribution in [0.5, 0.6) is 0 Å². The van der Waals surface area contributed by atoms with E-state index in [1.165, 1.54) is 12.5 Å². The van der Waals surface area contributed by atoms with Crippen LogP contribution in [0, 0.1) is 5.92 Å². The number of nitrogens with one attached hydrogen (secondary N) is 1. The molecule has 168 valence electrons. The molecule has 0 spiro atoms. The van der Waals surface area contributed by atoms with Crippen LogP contribution in [-0.4, -0.2) is 22.8 Å². The van der Waals surface area contributed by atoms with Gasteiger partial charge in [-0.05, 0) is 46.6 Å². The van der Waals surface area contributed by atoms with Gasteiger partial charge >= 0.3 is 0 Å². The van der Waals surface area contributed by atoms with Crippen LogP contribution in [0.4, 0.5) is 0 Å². The zero-order valence-corrected chi connectivity index (χ0v) is 20.3. The van der Waals surface area contributed by atoms with Gasteiger partial charge < -0.3 is 10.2 Å². The van der Waals surface area contributed by atoms with Gasteiger partial charge in [0.05, 0.1) is 0 Å². The van der Waals surface area contributed by atoms with E-state index in [0.29, 0.717) is 24.5 Å². The summed E-state index contributed by atoms with van der Waals surface area (Å²) in [6.07, 6.45) is 0.599. The third-order valence-electron chi connectivity index (χ3n) is 5.33. The summed E-state index contributed by atoms with van der Waals surface area (Å²) < 4.78 is 0. The molecule has 0 saturated heterocycles. The second-order valence-corrected chi connectivity index (χ2v) is 10.0. The van der Waals surface area contributed by atoms with Gasteiger partial charge in [0.1, 0.15) is 6.04 Å². The molecule has 0 aromatic heterocycles. The van der Waals surface area contributed by atoms with Crippen molar-refractivity contribution in [3.63, 3.8) is 0 Å². The minimum Gasteiger partial charge on any atom is -0.350 e. The Hall–Kier alpha value is -2.33. The Bertz CT molecular complexity index is 868. The number of benzene rings is 2. The molecular formula is C26H35ClN2O2. The van der Waals surface area contributed by atoms with E-state index < -0.39 is 6.04 Å². The number of carbonyl (C=O) groups excluding carboxylic acids is 2. The van der Waals surface area contributed by atoms with E-state index in [0.717, 1.165) is 11.1 Å². The van der Waals surface area contributed by atoms with Gasteiger partial charge in [0.2, 0.25) is 11.8 Å². The Morgan fingerprint density at radius 3 is 2.00 bits per heavy atom. The number of hydrogen-bond donors (Lipinski definition) is 1. The molecule has 5 heteroatoms. The van der Waals surface area contributed by atoms with Crippen molar-refractivity contribution in [2.75, 3.05) is 0 Å². The normalized spacial score (nSPS) is 12.5. The van der Waals surface area contributed by atoms with E-state index in [1.54, 1.807) is 17.0 Å². The lowest BCUT2D eigenvalue weighted by Crippen LogP contribution is -2.49. The average Bonchev–Trinajstić information content (AvgIpc) is 2.69. The maximum atomic E-state index is 13.1. The first kappa shape index (κ1) is 24.9. The Labute approximate surface area is 192 Å². The van der Waals surface area contributed by atoms with Crippen LogP contribution in [0.15, 0.2) is 48.5 Å². The second kappa shape index (κ2) is 10.8. The highest BCUT2D eigenvalue weighted by atomic mass is 35.5.